The lowest BCUT2D eigenvalue weighted by Gasteiger charge is -2.05. The first kappa shape index (κ1) is 10.8. The van der Waals surface area contributed by atoms with E-state index in [2.05, 4.69) is 8.91 Å². The lowest BCUT2D eigenvalue weighted by molar-refractivity contribution is 0.402. The van der Waals surface area contributed by atoms with Crippen molar-refractivity contribution in [1.29, 1.82) is 0 Å². The Morgan fingerprint density at radius 2 is 1.71 bits per heavy atom. The Morgan fingerprint density at radius 3 is 2.14 bits per heavy atom. The fraction of sp³-hybridized carbons (Fsp3) is 0.250. The molecule has 0 aliphatic rings. The van der Waals surface area contributed by atoms with Gasteiger partial charge in [0.2, 0.25) is 0 Å². The molecule has 0 aromatic heterocycles. The molecule has 0 spiro atoms. The molecule has 0 radical (unpaired) electrons. The zero-order valence-electron chi connectivity index (χ0n) is 7.85. The molecule has 14 heavy (non-hydrogen) atoms. The van der Waals surface area contributed by atoms with E-state index in [4.69, 9.17) is 4.74 Å². The highest BCUT2D eigenvalue weighted by Gasteiger charge is 2.06. The van der Waals surface area contributed by atoms with Gasteiger partial charge in [-0.15, -0.1) is 0 Å². The van der Waals surface area contributed by atoms with E-state index < -0.39 is 10.3 Å². The average Bonchev–Trinajstić information content (AvgIpc) is 2.19. The van der Waals surface area contributed by atoms with Crippen LogP contribution >= 0.6 is 0 Å². The number of anilines is 1. The van der Waals surface area contributed by atoms with Crippen LogP contribution in [0.15, 0.2) is 24.3 Å². The number of rotatable bonds is 4. The fourth-order valence-corrected chi connectivity index (χ4v) is 1.35. The van der Waals surface area contributed by atoms with Crippen molar-refractivity contribution in [3.63, 3.8) is 0 Å². The number of methoxy groups -OCH3 is 1. The highest BCUT2D eigenvalue weighted by Crippen LogP contribution is 2.15. The summed E-state index contributed by atoms with van der Waals surface area (Å²) in [6.07, 6.45) is 0. The van der Waals surface area contributed by atoms with Gasteiger partial charge in [0.25, 0.3) is 0 Å². The number of nitrogens with one attached hydrogen (secondary N) is 1. The van der Waals surface area contributed by atoms with Gasteiger partial charge in [0.1, 0.15) is 5.75 Å². The largest absolute Gasteiger partial charge is 0.497 e. The molecular weight excluding hydrogens is 206 g/mol. The van der Waals surface area contributed by atoms with Gasteiger partial charge in [0.05, 0.1) is 19.9 Å². The van der Waals surface area contributed by atoms with E-state index in [1.54, 1.807) is 24.3 Å². The molecule has 1 aromatic carbocycles. The maximum atomic E-state index is 11.0. The second-order valence-electron chi connectivity index (χ2n) is 2.45. The lowest BCUT2D eigenvalue weighted by Crippen LogP contribution is -2.13. The van der Waals surface area contributed by atoms with Crippen LogP contribution in [0.25, 0.3) is 0 Å². The highest BCUT2D eigenvalue weighted by atomic mass is 32.2. The molecule has 0 unspecified atom stereocenters. The first-order chi connectivity index (χ1) is 6.57. The van der Waals surface area contributed by atoms with Crippen LogP contribution in [-0.2, 0) is 14.5 Å². The second kappa shape index (κ2) is 4.30. The van der Waals surface area contributed by atoms with Crippen LogP contribution in [0.5, 0.6) is 5.75 Å². The molecule has 0 fully saturated rings. The van der Waals surface area contributed by atoms with Gasteiger partial charge in [-0.25, -0.2) is 0 Å². The van der Waals surface area contributed by atoms with Crippen LogP contribution in [0, 0.1) is 0 Å². The maximum absolute atomic E-state index is 11.0. The molecule has 0 saturated heterocycles. The fourth-order valence-electron chi connectivity index (χ4n) is 0.845. The van der Waals surface area contributed by atoms with E-state index in [1.165, 1.54) is 7.11 Å². The topological polar surface area (TPSA) is 64.6 Å². The van der Waals surface area contributed by atoms with Gasteiger partial charge < -0.3 is 4.74 Å². The molecule has 0 aliphatic carbocycles. The minimum atomic E-state index is -3.68. The van der Waals surface area contributed by atoms with Crippen molar-refractivity contribution in [1.82, 2.24) is 0 Å². The number of benzene rings is 1. The quantitative estimate of drug-likeness (QED) is 0.817. The summed E-state index contributed by atoms with van der Waals surface area (Å²) in [6, 6.07) is 6.45. The Bertz CT molecular complexity index is 384. The molecule has 0 heterocycles. The van der Waals surface area contributed by atoms with E-state index in [-0.39, 0.29) is 0 Å². The van der Waals surface area contributed by atoms with Gasteiger partial charge in [-0.3, -0.25) is 8.91 Å². The summed E-state index contributed by atoms with van der Waals surface area (Å²) in [7, 11) is -1.06. The van der Waals surface area contributed by atoms with Crippen molar-refractivity contribution >= 4 is 16.0 Å². The smallest absolute Gasteiger partial charge is 0.359 e. The van der Waals surface area contributed by atoms with Crippen LogP contribution in [0.4, 0.5) is 5.69 Å². The third-order valence-electron chi connectivity index (χ3n) is 1.55. The zero-order chi connectivity index (χ0) is 10.6. The summed E-state index contributed by atoms with van der Waals surface area (Å²) in [5.74, 6) is 0.658. The van der Waals surface area contributed by atoms with Crippen molar-refractivity contribution in [3.8, 4) is 5.75 Å². The molecular formula is C8H11NO4S. The van der Waals surface area contributed by atoms with Crippen LogP contribution in [0.3, 0.4) is 0 Å². The Kier molecular flexibility index (Phi) is 3.32. The number of ether oxygens (including phenoxy) is 1. The van der Waals surface area contributed by atoms with Crippen molar-refractivity contribution in [3.05, 3.63) is 24.3 Å². The Morgan fingerprint density at radius 1 is 1.14 bits per heavy atom. The SMILES string of the molecule is COc1ccc(NS(=O)(=O)OC)cc1. The van der Waals surface area contributed by atoms with Crippen molar-refractivity contribution < 1.29 is 17.3 Å². The zero-order valence-corrected chi connectivity index (χ0v) is 8.67. The number of hydrogen-bond donors (Lipinski definition) is 1. The Hall–Kier alpha value is -1.27. The normalized spacial score (nSPS) is 11.0. The Balaban J connectivity index is 2.79. The molecule has 0 saturated carbocycles. The van der Waals surface area contributed by atoms with Crippen LogP contribution in [0.2, 0.25) is 0 Å². The molecule has 0 amide bonds. The summed E-state index contributed by atoms with van der Waals surface area (Å²) in [6.45, 7) is 0. The van der Waals surface area contributed by atoms with Crippen molar-refractivity contribution in [2.45, 2.75) is 0 Å². The number of hydrogen-bond acceptors (Lipinski definition) is 4. The monoisotopic (exact) mass is 217 g/mol. The van der Waals surface area contributed by atoms with E-state index in [0.717, 1.165) is 7.11 Å². The third kappa shape index (κ3) is 2.90. The molecule has 0 atom stereocenters. The van der Waals surface area contributed by atoms with Gasteiger partial charge >= 0.3 is 10.3 Å². The molecule has 6 heteroatoms. The standard InChI is InChI=1S/C8H11NO4S/c1-12-8-5-3-7(4-6-8)9-14(10,11)13-2/h3-6,9H,1-2H3. The molecule has 0 aliphatic heterocycles. The molecule has 1 aromatic rings. The molecule has 78 valence electrons. The Labute approximate surface area is 82.9 Å². The average molecular weight is 217 g/mol. The van der Waals surface area contributed by atoms with Crippen LogP contribution in [-0.4, -0.2) is 22.6 Å². The van der Waals surface area contributed by atoms with E-state index >= 15 is 0 Å². The van der Waals surface area contributed by atoms with Gasteiger partial charge in [0.15, 0.2) is 0 Å². The maximum Gasteiger partial charge on any atom is 0.359 e. The molecule has 1 N–H and O–H groups in total. The van der Waals surface area contributed by atoms with Crippen molar-refractivity contribution in [2.75, 3.05) is 18.9 Å². The highest BCUT2D eigenvalue weighted by molar-refractivity contribution is 7.88. The lowest BCUT2D eigenvalue weighted by atomic mass is 10.3. The van der Waals surface area contributed by atoms with E-state index in [1.807, 2.05) is 0 Å². The van der Waals surface area contributed by atoms with E-state index in [9.17, 15) is 8.42 Å². The van der Waals surface area contributed by atoms with Gasteiger partial charge in [-0.2, -0.15) is 8.42 Å². The van der Waals surface area contributed by atoms with E-state index in [0.29, 0.717) is 11.4 Å². The summed E-state index contributed by atoms with van der Waals surface area (Å²) in [5, 5.41) is 0. The van der Waals surface area contributed by atoms with Crippen molar-refractivity contribution in [2.24, 2.45) is 0 Å². The minimum Gasteiger partial charge on any atom is -0.497 e. The molecule has 5 nitrogen and oxygen atoms in total. The third-order valence-corrected chi connectivity index (χ3v) is 2.48. The minimum absolute atomic E-state index is 0.424. The summed E-state index contributed by atoms with van der Waals surface area (Å²) < 4.78 is 33.3. The summed E-state index contributed by atoms with van der Waals surface area (Å²) in [5.41, 5.74) is 0.424. The summed E-state index contributed by atoms with van der Waals surface area (Å²) in [4.78, 5) is 0. The first-order valence-electron chi connectivity index (χ1n) is 3.80. The second-order valence-corrected chi connectivity index (χ2v) is 3.90. The predicted molar refractivity (Wildman–Crippen MR) is 52.5 cm³/mol. The predicted octanol–water partition coefficient (Wildman–Crippen LogP) is 0.998. The van der Waals surface area contributed by atoms with Crippen LogP contribution < -0.4 is 9.46 Å². The van der Waals surface area contributed by atoms with Gasteiger partial charge in [-0.1, -0.05) is 0 Å². The van der Waals surface area contributed by atoms with Gasteiger partial charge in [0, 0.05) is 0 Å². The molecule has 1 rings (SSSR count). The summed E-state index contributed by atoms with van der Waals surface area (Å²) >= 11 is 0. The van der Waals surface area contributed by atoms with Crippen LogP contribution in [0.1, 0.15) is 0 Å². The molecule has 0 bridgehead atoms. The first-order valence-corrected chi connectivity index (χ1v) is 5.20. The van der Waals surface area contributed by atoms with Gasteiger partial charge in [-0.05, 0) is 24.3 Å².